The lowest BCUT2D eigenvalue weighted by Gasteiger charge is -2.27. The van der Waals surface area contributed by atoms with Gasteiger partial charge in [0.25, 0.3) is 5.91 Å². The van der Waals surface area contributed by atoms with Gasteiger partial charge >= 0.3 is 0 Å². The van der Waals surface area contributed by atoms with Crippen molar-refractivity contribution < 1.29 is 9.53 Å². The Morgan fingerprint density at radius 2 is 1.96 bits per heavy atom. The summed E-state index contributed by atoms with van der Waals surface area (Å²) in [6, 6.07) is 7.67. The van der Waals surface area contributed by atoms with E-state index in [1.807, 2.05) is 29.2 Å². The number of morpholine rings is 1. The summed E-state index contributed by atoms with van der Waals surface area (Å²) in [5.41, 5.74) is 2.21. The molecule has 0 atom stereocenters. The van der Waals surface area contributed by atoms with E-state index in [9.17, 15) is 4.79 Å². The summed E-state index contributed by atoms with van der Waals surface area (Å²) < 4.78 is 6.99. The molecule has 0 spiro atoms. The summed E-state index contributed by atoms with van der Waals surface area (Å²) in [6.45, 7) is 2.77. The van der Waals surface area contributed by atoms with Gasteiger partial charge in [0.2, 0.25) is 5.96 Å². The topological polar surface area (TPSA) is 84.6 Å². The lowest BCUT2D eigenvalue weighted by Crippen LogP contribution is -2.46. The van der Waals surface area contributed by atoms with Crippen LogP contribution in [0.15, 0.2) is 47.6 Å². The molecule has 1 N–H and O–H groups in total. The second kappa shape index (κ2) is 6.25. The monoisotopic (exact) mass is 324 g/mol. The minimum Gasteiger partial charge on any atom is -0.378 e. The van der Waals surface area contributed by atoms with Crippen LogP contribution >= 0.6 is 0 Å². The van der Waals surface area contributed by atoms with Crippen molar-refractivity contribution in [2.45, 2.75) is 0 Å². The van der Waals surface area contributed by atoms with Crippen LogP contribution in [0.4, 0.5) is 0 Å². The van der Waals surface area contributed by atoms with Crippen molar-refractivity contribution in [3.05, 3.63) is 48.2 Å². The second-order valence-corrected chi connectivity index (χ2v) is 5.45. The number of guanidine groups is 1. The maximum atomic E-state index is 12.1. The third kappa shape index (κ3) is 2.91. The molecule has 4 rings (SSSR count). The Morgan fingerprint density at radius 3 is 2.67 bits per heavy atom. The Labute approximate surface area is 138 Å². The van der Waals surface area contributed by atoms with Crippen molar-refractivity contribution in [2.75, 3.05) is 26.3 Å². The van der Waals surface area contributed by atoms with E-state index in [2.05, 4.69) is 20.4 Å². The first kappa shape index (κ1) is 14.6. The van der Waals surface area contributed by atoms with Crippen molar-refractivity contribution >= 4 is 17.9 Å². The normalized spacial score (nSPS) is 19.5. The van der Waals surface area contributed by atoms with Crippen LogP contribution < -0.4 is 5.32 Å². The molecular formula is C16H16N6O2. The maximum absolute atomic E-state index is 12.1. The smallest absolute Gasteiger partial charge is 0.276 e. The molecule has 24 heavy (non-hydrogen) atoms. The van der Waals surface area contributed by atoms with Crippen LogP contribution in [0.2, 0.25) is 0 Å². The fourth-order valence-corrected chi connectivity index (χ4v) is 2.60. The first-order chi connectivity index (χ1) is 11.8. The molecule has 2 aromatic rings. The van der Waals surface area contributed by atoms with E-state index in [1.54, 1.807) is 17.1 Å². The molecule has 1 saturated heterocycles. The highest BCUT2D eigenvalue weighted by atomic mass is 16.5. The standard InChI is InChI=1S/C16H16N6O2/c23-15-14(19-16(20-15)21-5-7-24-8-6-21)9-12-1-3-13(4-2-12)22-11-17-10-18-22/h1-4,9-11H,5-8H2,(H,19,20,23). The molecule has 0 radical (unpaired) electrons. The van der Waals surface area contributed by atoms with E-state index in [4.69, 9.17) is 4.74 Å². The van der Waals surface area contributed by atoms with E-state index in [0.717, 1.165) is 24.3 Å². The van der Waals surface area contributed by atoms with Gasteiger partial charge in [-0.3, -0.25) is 10.1 Å². The van der Waals surface area contributed by atoms with E-state index >= 15 is 0 Å². The van der Waals surface area contributed by atoms with Crippen LogP contribution in [0, 0.1) is 0 Å². The minimum absolute atomic E-state index is 0.183. The van der Waals surface area contributed by atoms with Gasteiger partial charge in [-0.2, -0.15) is 5.10 Å². The Morgan fingerprint density at radius 1 is 1.17 bits per heavy atom. The number of hydrogen-bond donors (Lipinski definition) is 1. The number of hydrogen-bond acceptors (Lipinski definition) is 6. The first-order valence-corrected chi connectivity index (χ1v) is 7.69. The molecule has 8 nitrogen and oxygen atoms in total. The van der Waals surface area contributed by atoms with Crippen molar-refractivity contribution in [3.8, 4) is 5.69 Å². The number of aliphatic imine (C=N–C) groups is 1. The number of carbonyl (C=O) groups excluding carboxylic acids is 1. The Hall–Kier alpha value is -3.00. The van der Waals surface area contributed by atoms with E-state index in [-0.39, 0.29) is 5.91 Å². The molecule has 3 heterocycles. The predicted octanol–water partition coefficient (Wildman–Crippen LogP) is 0.426. The number of nitrogens with zero attached hydrogens (tertiary/aromatic N) is 5. The third-order valence-electron chi connectivity index (χ3n) is 3.87. The van der Waals surface area contributed by atoms with Crippen molar-refractivity contribution in [3.63, 3.8) is 0 Å². The van der Waals surface area contributed by atoms with Gasteiger partial charge in [-0.05, 0) is 23.8 Å². The van der Waals surface area contributed by atoms with E-state index in [0.29, 0.717) is 24.9 Å². The zero-order chi connectivity index (χ0) is 16.4. The molecule has 0 unspecified atom stereocenters. The number of rotatable bonds is 2. The van der Waals surface area contributed by atoms with Gasteiger partial charge in [-0.25, -0.2) is 14.7 Å². The van der Waals surface area contributed by atoms with Gasteiger partial charge in [0, 0.05) is 13.1 Å². The molecule has 122 valence electrons. The summed E-state index contributed by atoms with van der Waals surface area (Å²) in [6.07, 6.45) is 4.89. The molecule has 0 aliphatic carbocycles. The lowest BCUT2D eigenvalue weighted by molar-refractivity contribution is -0.115. The highest BCUT2D eigenvalue weighted by molar-refractivity contribution is 6.13. The number of amides is 1. The lowest BCUT2D eigenvalue weighted by atomic mass is 10.2. The molecular weight excluding hydrogens is 308 g/mol. The fraction of sp³-hybridized carbons (Fsp3) is 0.250. The van der Waals surface area contributed by atoms with Crippen LogP contribution in [0.5, 0.6) is 0 Å². The van der Waals surface area contributed by atoms with Gasteiger partial charge < -0.3 is 9.64 Å². The highest BCUT2D eigenvalue weighted by Gasteiger charge is 2.25. The summed E-state index contributed by atoms with van der Waals surface area (Å²) in [4.78, 5) is 22.5. The first-order valence-electron chi connectivity index (χ1n) is 7.69. The zero-order valence-corrected chi connectivity index (χ0v) is 12.9. The van der Waals surface area contributed by atoms with Crippen molar-refractivity contribution in [1.29, 1.82) is 0 Å². The SMILES string of the molecule is O=C1NC(N2CCOCC2)=NC1=Cc1ccc(-n2cncn2)cc1. The second-order valence-electron chi connectivity index (χ2n) is 5.45. The van der Waals surface area contributed by atoms with Crippen LogP contribution in [0.25, 0.3) is 11.8 Å². The number of carbonyl (C=O) groups is 1. The van der Waals surface area contributed by atoms with Crippen LogP contribution in [-0.2, 0) is 9.53 Å². The van der Waals surface area contributed by atoms with Crippen LogP contribution in [-0.4, -0.2) is 57.8 Å². The number of benzene rings is 1. The molecule has 1 aromatic heterocycles. The molecule has 0 bridgehead atoms. The average molecular weight is 324 g/mol. The van der Waals surface area contributed by atoms with Crippen LogP contribution in [0.3, 0.4) is 0 Å². The highest BCUT2D eigenvalue weighted by Crippen LogP contribution is 2.15. The van der Waals surface area contributed by atoms with Gasteiger partial charge in [-0.1, -0.05) is 12.1 Å². The molecule has 1 aromatic carbocycles. The number of nitrogens with one attached hydrogen (secondary N) is 1. The number of aromatic nitrogens is 3. The van der Waals surface area contributed by atoms with Gasteiger partial charge in [-0.15, -0.1) is 0 Å². The van der Waals surface area contributed by atoms with E-state index < -0.39 is 0 Å². The summed E-state index contributed by atoms with van der Waals surface area (Å²) in [5.74, 6) is 0.422. The Kier molecular flexibility index (Phi) is 3.80. The van der Waals surface area contributed by atoms with Gasteiger partial charge in [0.1, 0.15) is 18.4 Å². The zero-order valence-electron chi connectivity index (χ0n) is 12.9. The predicted molar refractivity (Wildman–Crippen MR) is 87.3 cm³/mol. The van der Waals surface area contributed by atoms with Crippen molar-refractivity contribution in [2.24, 2.45) is 4.99 Å². The largest absolute Gasteiger partial charge is 0.378 e. The molecule has 2 aliphatic heterocycles. The third-order valence-corrected chi connectivity index (χ3v) is 3.87. The summed E-state index contributed by atoms with van der Waals surface area (Å²) in [7, 11) is 0. The van der Waals surface area contributed by atoms with Crippen molar-refractivity contribution in [1.82, 2.24) is 25.0 Å². The Balaban J connectivity index is 1.54. The van der Waals surface area contributed by atoms with Crippen LogP contribution in [0.1, 0.15) is 5.56 Å². The minimum atomic E-state index is -0.183. The van der Waals surface area contributed by atoms with Gasteiger partial charge in [0.05, 0.1) is 18.9 Å². The van der Waals surface area contributed by atoms with E-state index in [1.165, 1.54) is 6.33 Å². The fourth-order valence-electron chi connectivity index (χ4n) is 2.60. The molecule has 8 heteroatoms. The Bertz CT molecular complexity index is 788. The summed E-state index contributed by atoms with van der Waals surface area (Å²) in [5, 5.41) is 6.90. The molecule has 1 fully saturated rings. The molecule has 1 amide bonds. The molecule has 2 aliphatic rings. The maximum Gasteiger partial charge on any atom is 0.276 e. The number of ether oxygens (including phenoxy) is 1. The summed E-state index contributed by atoms with van der Waals surface area (Å²) >= 11 is 0. The van der Waals surface area contributed by atoms with Gasteiger partial charge in [0.15, 0.2) is 0 Å². The molecule has 0 saturated carbocycles. The average Bonchev–Trinajstić information content (AvgIpc) is 3.27. The quantitative estimate of drug-likeness (QED) is 0.810.